The van der Waals surface area contributed by atoms with Crippen LogP contribution in [0.25, 0.3) is 0 Å². The number of carbonyl (C=O) groups excluding carboxylic acids is 1. The third-order valence-electron chi connectivity index (χ3n) is 5.03. The predicted octanol–water partition coefficient (Wildman–Crippen LogP) is 2.43. The van der Waals surface area contributed by atoms with Crippen molar-refractivity contribution in [3.05, 3.63) is 24.3 Å². The van der Waals surface area contributed by atoms with Crippen LogP contribution in [0.15, 0.2) is 29.2 Å². The highest BCUT2D eigenvalue weighted by molar-refractivity contribution is 7.89. The zero-order valence-corrected chi connectivity index (χ0v) is 15.5. The summed E-state index contributed by atoms with van der Waals surface area (Å²) in [6.07, 6.45) is 2.71. The molecule has 2 aliphatic rings. The normalized spacial score (nSPS) is 28.9. The van der Waals surface area contributed by atoms with E-state index < -0.39 is 27.6 Å². The first-order valence-electron chi connectivity index (χ1n) is 8.61. The minimum absolute atomic E-state index is 0.00510. The van der Waals surface area contributed by atoms with Gasteiger partial charge < -0.3 is 9.84 Å². The molecule has 0 aromatic heterocycles. The van der Waals surface area contributed by atoms with Gasteiger partial charge in [0.25, 0.3) is 0 Å². The Kier molecular flexibility index (Phi) is 4.58. The Morgan fingerprint density at radius 3 is 2.36 bits per heavy atom. The molecule has 2 N–H and O–H groups in total. The van der Waals surface area contributed by atoms with Gasteiger partial charge in [0.2, 0.25) is 10.0 Å². The Hall–Kier alpha value is -1.60. The summed E-state index contributed by atoms with van der Waals surface area (Å²) in [4.78, 5) is 12.7. The highest BCUT2D eigenvalue weighted by Gasteiger charge is 2.53. The van der Waals surface area contributed by atoms with Gasteiger partial charge in [0.15, 0.2) is 0 Å². The van der Waals surface area contributed by atoms with Crippen molar-refractivity contribution >= 4 is 16.0 Å². The largest absolute Gasteiger partial charge is 0.508 e. The molecule has 0 amide bonds. The van der Waals surface area contributed by atoms with Gasteiger partial charge in [-0.2, -0.15) is 0 Å². The second kappa shape index (κ2) is 6.29. The maximum absolute atomic E-state index is 12.7. The van der Waals surface area contributed by atoms with E-state index >= 15 is 0 Å². The molecule has 138 valence electrons. The molecule has 4 unspecified atom stereocenters. The van der Waals surface area contributed by atoms with E-state index in [1.807, 2.05) is 20.8 Å². The van der Waals surface area contributed by atoms with Gasteiger partial charge in [-0.05, 0) is 76.1 Å². The second-order valence-corrected chi connectivity index (χ2v) is 9.75. The minimum Gasteiger partial charge on any atom is -0.508 e. The lowest BCUT2D eigenvalue weighted by Gasteiger charge is -2.32. The Morgan fingerprint density at radius 1 is 1.16 bits per heavy atom. The quantitative estimate of drug-likeness (QED) is 0.798. The lowest BCUT2D eigenvalue weighted by Crippen LogP contribution is -2.48. The maximum Gasteiger partial charge on any atom is 0.311 e. The number of carbonyl (C=O) groups is 1. The van der Waals surface area contributed by atoms with Gasteiger partial charge in [0, 0.05) is 6.04 Å². The molecule has 0 radical (unpaired) electrons. The standard InChI is InChI=1S/C18H25NO5S/c1-18(2,3)24-17(21)15-11-4-5-12(10-11)16(15)19-25(22,23)14-8-6-13(20)7-9-14/h6-9,11-12,15-16,19-20H,4-5,10H2,1-3H3. The van der Waals surface area contributed by atoms with E-state index in [9.17, 15) is 18.3 Å². The van der Waals surface area contributed by atoms with Crippen molar-refractivity contribution in [2.75, 3.05) is 0 Å². The van der Waals surface area contributed by atoms with Crippen molar-refractivity contribution in [2.24, 2.45) is 17.8 Å². The molecule has 4 atom stereocenters. The molecule has 2 aliphatic carbocycles. The zero-order valence-electron chi connectivity index (χ0n) is 14.7. The van der Waals surface area contributed by atoms with Crippen molar-refractivity contribution < 1.29 is 23.1 Å². The van der Waals surface area contributed by atoms with Crippen LogP contribution in [0.5, 0.6) is 5.75 Å². The Bertz CT molecular complexity index is 751. The van der Waals surface area contributed by atoms with Crippen LogP contribution in [0.4, 0.5) is 0 Å². The van der Waals surface area contributed by atoms with Crippen LogP contribution in [0.2, 0.25) is 0 Å². The number of esters is 1. The molecular formula is C18H25NO5S. The average Bonchev–Trinajstić information content (AvgIpc) is 3.06. The van der Waals surface area contributed by atoms with E-state index in [0.29, 0.717) is 0 Å². The highest BCUT2D eigenvalue weighted by Crippen LogP contribution is 2.49. The van der Waals surface area contributed by atoms with Crippen LogP contribution in [0, 0.1) is 17.8 Å². The summed E-state index contributed by atoms with van der Waals surface area (Å²) in [6, 6.07) is 4.94. The van der Waals surface area contributed by atoms with Gasteiger partial charge in [-0.25, -0.2) is 13.1 Å². The fraction of sp³-hybridized carbons (Fsp3) is 0.611. The molecule has 0 heterocycles. The summed E-state index contributed by atoms with van der Waals surface area (Å²) in [5, 5.41) is 9.34. The molecular weight excluding hydrogens is 342 g/mol. The number of fused-ring (bicyclic) bond motifs is 2. The zero-order chi connectivity index (χ0) is 18.4. The third-order valence-corrected chi connectivity index (χ3v) is 6.51. The maximum atomic E-state index is 12.7. The molecule has 0 aliphatic heterocycles. The number of rotatable bonds is 4. The van der Waals surface area contributed by atoms with Crippen LogP contribution < -0.4 is 4.72 Å². The Labute approximate surface area is 148 Å². The minimum atomic E-state index is -3.76. The Morgan fingerprint density at radius 2 is 1.76 bits per heavy atom. The van der Waals surface area contributed by atoms with Crippen LogP contribution in [0.1, 0.15) is 40.0 Å². The highest BCUT2D eigenvalue weighted by atomic mass is 32.2. The van der Waals surface area contributed by atoms with Gasteiger partial charge in [-0.15, -0.1) is 0 Å². The molecule has 7 heteroatoms. The van der Waals surface area contributed by atoms with Gasteiger partial charge in [0.05, 0.1) is 10.8 Å². The van der Waals surface area contributed by atoms with Gasteiger partial charge in [0.1, 0.15) is 11.4 Å². The molecule has 25 heavy (non-hydrogen) atoms. The summed E-state index contributed by atoms with van der Waals surface area (Å²) < 4.78 is 33.6. The SMILES string of the molecule is CC(C)(C)OC(=O)C1C2CCC(C2)C1NS(=O)(=O)c1ccc(O)cc1. The van der Waals surface area contributed by atoms with Crippen LogP contribution in [0.3, 0.4) is 0 Å². The molecule has 2 saturated carbocycles. The lowest BCUT2D eigenvalue weighted by atomic mass is 9.85. The summed E-state index contributed by atoms with van der Waals surface area (Å²) in [6.45, 7) is 5.44. The van der Waals surface area contributed by atoms with Crippen LogP contribution in [-0.2, 0) is 19.6 Å². The van der Waals surface area contributed by atoms with Gasteiger partial charge >= 0.3 is 5.97 Å². The number of hydrogen-bond acceptors (Lipinski definition) is 5. The number of phenols is 1. The van der Waals surface area contributed by atoms with Crippen molar-refractivity contribution in [3.8, 4) is 5.75 Å². The van der Waals surface area contributed by atoms with Crippen LogP contribution >= 0.6 is 0 Å². The number of aromatic hydroxyl groups is 1. The smallest absolute Gasteiger partial charge is 0.311 e. The van der Waals surface area contributed by atoms with Gasteiger partial charge in [-0.1, -0.05) is 0 Å². The Balaban J connectivity index is 1.82. The molecule has 1 aromatic carbocycles. The number of phenolic OH excluding ortho intramolecular Hbond substituents is 1. The number of sulfonamides is 1. The monoisotopic (exact) mass is 367 g/mol. The molecule has 2 bridgehead atoms. The summed E-state index contributed by atoms with van der Waals surface area (Å²) in [5.41, 5.74) is -0.598. The number of ether oxygens (including phenoxy) is 1. The average molecular weight is 367 g/mol. The van der Waals surface area contributed by atoms with Crippen molar-refractivity contribution in [3.63, 3.8) is 0 Å². The predicted molar refractivity (Wildman–Crippen MR) is 92.4 cm³/mol. The first kappa shape index (κ1) is 18.2. The van der Waals surface area contributed by atoms with E-state index in [1.54, 1.807) is 0 Å². The first-order valence-corrected chi connectivity index (χ1v) is 10.1. The topological polar surface area (TPSA) is 92.7 Å². The van der Waals surface area contributed by atoms with Crippen molar-refractivity contribution in [1.82, 2.24) is 4.72 Å². The fourth-order valence-electron chi connectivity index (χ4n) is 4.04. The molecule has 3 rings (SSSR count). The molecule has 0 spiro atoms. The molecule has 1 aromatic rings. The molecule has 0 saturated heterocycles. The van der Waals surface area contributed by atoms with E-state index in [4.69, 9.17) is 4.74 Å². The van der Waals surface area contributed by atoms with E-state index in [0.717, 1.165) is 19.3 Å². The molecule has 2 fully saturated rings. The number of nitrogens with one attached hydrogen (secondary N) is 1. The van der Waals surface area contributed by atoms with E-state index in [1.165, 1.54) is 24.3 Å². The summed E-state index contributed by atoms with van der Waals surface area (Å²) in [7, 11) is -3.76. The summed E-state index contributed by atoms with van der Waals surface area (Å²) in [5.74, 6) is -0.421. The van der Waals surface area contributed by atoms with E-state index in [-0.39, 0.29) is 28.5 Å². The van der Waals surface area contributed by atoms with Gasteiger partial charge in [-0.3, -0.25) is 4.79 Å². The third kappa shape index (κ3) is 3.82. The van der Waals surface area contributed by atoms with Crippen LogP contribution in [-0.4, -0.2) is 31.1 Å². The molecule has 6 nitrogen and oxygen atoms in total. The lowest BCUT2D eigenvalue weighted by molar-refractivity contribution is -0.162. The second-order valence-electron chi connectivity index (χ2n) is 8.03. The number of benzene rings is 1. The fourth-order valence-corrected chi connectivity index (χ4v) is 5.37. The van der Waals surface area contributed by atoms with E-state index in [2.05, 4.69) is 4.72 Å². The van der Waals surface area contributed by atoms with Crippen molar-refractivity contribution in [1.29, 1.82) is 0 Å². The summed E-state index contributed by atoms with van der Waals surface area (Å²) >= 11 is 0. The first-order chi connectivity index (χ1) is 11.6. The number of hydrogen-bond donors (Lipinski definition) is 2. The van der Waals surface area contributed by atoms with Crippen molar-refractivity contribution in [2.45, 2.75) is 56.6 Å².